The van der Waals surface area contributed by atoms with Crippen molar-refractivity contribution in [2.75, 3.05) is 6.54 Å². The van der Waals surface area contributed by atoms with Gasteiger partial charge < -0.3 is 9.55 Å². The number of fused-ring (bicyclic) bond motifs is 1. The van der Waals surface area contributed by atoms with Crippen LogP contribution in [0.25, 0.3) is 0 Å². The van der Waals surface area contributed by atoms with Crippen LogP contribution >= 0.6 is 0 Å². The molecule has 0 aromatic carbocycles. The summed E-state index contributed by atoms with van der Waals surface area (Å²) in [5.41, 5.74) is 2.78. The summed E-state index contributed by atoms with van der Waals surface area (Å²) in [5, 5.41) is 0. The largest absolute Gasteiger partial charge is 0.337 e. The van der Waals surface area contributed by atoms with Crippen LogP contribution in [0, 0.1) is 0 Å². The molecule has 22 heavy (non-hydrogen) atoms. The van der Waals surface area contributed by atoms with Gasteiger partial charge in [0.2, 0.25) is 0 Å². The molecule has 0 amide bonds. The zero-order chi connectivity index (χ0) is 15.9. The highest BCUT2D eigenvalue weighted by molar-refractivity contribution is 5.22. The quantitative estimate of drug-likeness (QED) is 0.909. The van der Waals surface area contributed by atoms with Crippen LogP contribution in [-0.4, -0.2) is 31.0 Å². The number of rotatable bonds is 2. The Bertz CT molecular complexity index is 738. The van der Waals surface area contributed by atoms with E-state index in [1.807, 2.05) is 17.8 Å². The molecule has 6 heteroatoms. The number of aryl methyl sites for hydroxylation is 1. The summed E-state index contributed by atoms with van der Waals surface area (Å²) in [4.78, 5) is 26.5. The van der Waals surface area contributed by atoms with Crippen LogP contribution < -0.4 is 5.56 Å². The molecule has 1 aliphatic heterocycles. The molecule has 1 aliphatic rings. The van der Waals surface area contributed by atoms with Gasteiger partial charge >= 0.3 is 0 Å². The van der Waals surface area contributed by atoms with Gasteiger partial charge in [-0.3, -0.25) is 9.69 Å². The zero-order valence-electron chi connectivity index (χ0n) is 13.7. The third-order valence-electron chi connectivity index (χ3n) is 4.16. The lowest BCUT2D eigenvalue weighted by molar-refractivity contribution is 0.236. The Morgan fingerprint density at radius 3 is 2.77 bits per heavy atom. The summed E-state index contributed by atoms with van der Waals surface area (Å²) in [7, 11) is 1.99. The van der Waals surface area contributed by atoms with Crippen molar-refractivity contribution in [3.05, 3.63) is 45.7 Å². The number of H-pyrrole nitrogens is 1. The van der Waals surface area contributed by atoms with Gasteiger partial charge in [0.1, 0.15) is 5.82 Å². The first kappa shape index (κ1) is 15.0. The van der Waals surface area contributed by atoms with E-state index in [0.717, 1.165) is 42.3 Å². The first-order valence-corrected chi connectivity index (χ1v) is 7.64. The number of nitrogens with zero attached hydrogens (tertiary/aromatic N) is 4. The van der Waals surface area contributed by atoms with Gasteiger partial charge in [0.25, 0.3) is 5.56 Å². The topological polar surface area (TPSA) is 66.8 Å². The van der Waals surface area contributed by atoms with Gasteiger partial charge in [-0.1, -0.05) is 20.8 Å². The fourth-order valence-corrected chi connectivity index (χ4v) is 2.74. The van der Waals surface area contributed by atoms with Crippen molar-refractivity contribution in [2.45, 2.75) is 45.7 Å². The van der Waals surface area contributed by atoms with Crippen LogP contribution in [0.1, 0.15) is 43.5 Å². The second-order valence-electron chi connectivity index (χ2n) is 7.05. The second-order valence-corrected chi connectivity index (χ2v) is 7.05. The van der Waals surface area contributed by atoms with Crippen molar-refractivity contribution >= 4 is 0 Å². The third-order valence-corrected chi connectivity index (χ3v) is 4.16. The molecule has 0 atom stereocenters. The van der Waals surface area contributed by atoms with Gasteiger partial charge in [-0.05, 0) is 0 Å². The van der Waals surface area contributed by atoms with Crippen molar-refractivity contribution < 1.29 is 0 Å². The molecule has 6 nitrogen and oxygen atoms in total. The summed E-state index contributed by atoms with van der Waals surface area (Å²) >= 11 is 0. The first-order valence-electron chi connectivity index (χ1n) is 7.64. The number of imidazole rings is 1. The Kier molecular flexibility index (Phi) is 3.64. The molecule has 2 aromatic heterocycles. The molecule has 0 bridgehead atoms. The Morgan fingerprint density at radius 1 is 1.36 bits per heavy atom. The van der Waals surface area contributed by atoms with Crippen LogP contribution in [-0.2, 0) is 32.0 Å². The van der Waals surface area contributed by atoms with E-state index in [1.165, 1.54) is 0 Å². The molecular weight excluding hydrogens is 278 g/mol. The van der Waals surface area contributed by atoms with E-state index >= 15 is 0 Å². The molecule has 0 aliphatic carbocycles. The molecule has 3 heterocycles. The Hall–Kier alpha value is -1.95. The summed E-state index contributed by atoms with van der Waals surface area (Å²) in [6, 6.07) is 0. The van der Waals surface area contributed by atoms with Crippen LogP contribution in [0.4, 0.5) is 0 Å². The molecule has 0 unspecified atom stereocenters. The maximum Gasteiger partial charge on any atom is 0.255 e. The number of hydrogen-bond acceptors (Lipinski definition) is 4. The predicted molar refractivity (Wildman–Crippen MR) is 84.6 cm³/mol. The minimum atomic E-state index is -0.139. The minimum absolute atomic E-state index is 0.00429. The molecule has 1 N–H and O–H groups in total. The predicted octanol–water partition coefficient (Wildman–Crippen LogP) is 1.36. The van der Waals surface area contributed by atoms with Crippen molar-refractivity contribution in [1.29, 1.82) is 0 Å². The lowest BCUT2D eigenvalue weighted by Crippen LogP contribution is -2.37. The first-order chi connectivity index (χ1) is 10.3. The smallest absolute Gasteiger partial charge is 0.255 e. The molecule has 0 radical (unpaired) electrons. The Balaban J connectivity index is 1.85. The highest BCUT2D eigenvalue weighted by atomic mass is 16.1. The Labute approximate surface area is 130 Å². The van der Waals surface area contributed by atoms with Crippen LogP contribution in [0.2, 0.25) is 0 Å². The molecule has 2 aromatic rings. The molecule has 0 fully saturated rings. The minimum Gasteiger partial charge on any atom is -0.337 e. The molecule has 0 saturated carbocycles. The van der Waals surface area contributed by atoms with Gasteiger partial charge in [-0.2, -0.15) is 0 Å². The maximum absolute atomic E-state index is 12.4. The van der Waals surface area contributed by atoms with E-state index in [-0.39, 0.29) is 11.0 Å². The van der Waals surface area contributed by atoms with Crippen LogP contribution in [0.3, 0.4) is 0 Å². The maximum atomic E-state index is 12.4. The molecule has 0 saturated heterocycles. The van der Waals surface area contributed by atoms with Gasteiger partial charge in [-0.25, -0.2) is 9.97 Å². The van der Waals surface area contributed by atoms with Gasteiger partial charge in [0.05, 0.1) is 23.3 Å². The monoisotopic (exact) mass is 301 g/mol. The number of aromatic amines is 1. The number of nitrogens with one attached hydrogen (secondary N) is 1. The van der Waals surface area contributed by atoms with E-state index < -0.39 is 0 Å². The zero-order valence-corrected chi connectivity index (χ0v) is 13.7. The van der Waals surface area contributed by atoms with Gasteiger partial charge in [0, 0.05) is 44.7 Å². The van der Waals surface area contributed by atoms with Crippen molar-refractivity contribution in [2.24, 2.45) is 7.05 Å². The van der Waals surface area contributed by atoms with E-state index in [1.54, 1.807) is 6.33 Å². The summed E-state index contributed by atoms with van der Waals surface area (Å²) in [6.07, 6.45) is 4.50. The lowest BCUT2D eigenvalue weighted by atomic mass is 9.95. The molecule has 0 spiro atoms. The summed E-state index contributed by atoms with van der Waals surface area (Å²) in [5.74, 6) is 0.774. The van der Waals surface area contributed by atoms with Gasteiger partial charge in [0.15, 0.2) is 0 Å². The van der Waals surface area contributed by atoms with E-state index in [9.17, 15) is 4.79 Å². The number of aromatic nitrogens is 4. The molecular formula is C16H23N5O. The van der Waals surface area contributed by atoms with Crippen LogP contribution in [0.15, 0.2) is 17.3 Å². The number of hydrogen-bond donors (Lipinski definition) is 1. The standard InChI is InChI=1S/C16H23N5O/c1-16(2,3)15-18-13-5-6-21(9-12(13)14(22)19-15)8-11-7-17-10-20(11)4/h7,10H,5-6,8-9H2,1-4H3,(H,18,19,22). The van der Waals surface area contributed by atoms with E-state index in [0.29, 0.717) is 6.54 Å². The summed E-state index contributed by atoms with van der Waals surface area (Å²) < 4.78 is 2.01. The average molecular weight is 301 g/mol. The van der Waals surface area contributed by atoms with Crippen molar-refractivity contribution in [1.82, 2.24) is 24.4 Å². The fourth-order valence-electron chi connectivity index (χ4n) is 2.74. The molecule has 3 rings (SSSR count). The van der Waals surface area contributed by atoms with Crippen LogP contribution in [0.5, 0.6) is 0 Å². The highest BCUT2D eigenvalue weighted by Gasteiger charge is 2.25. The lowest BCUT2D eigenvalue weighted by Gasteiger charge is -2.28. The van der Waals surface area contributed by atoms with E-state index in [2.05, 4.69) is 35.6 Å². The third kappa shape index (κ3) is 2.83. The average Bonchev–Trinajstić information content (AvgIpc) is 2.84. The van der Waals surface area contributed by atoms with Crippen molar-refractivity contribution in [3.8, 4) is 0 Å². The normalized spacial score (nSPS) is 15.8. The SMILES string of the molecule is Cn1cncc1CN1CCc2nc(C(C)(C)C)[nH]c(=O)c2C1. The highest BCUT2D eigenvalue weighted by Crippen LogP contribution is 2.21. The van der Waals surface area contributed by atoms with Crippen molar-refractivity contribution in [3.63, 3.8) is 0 Å². The molecule has 118 valence electrons. The summed E-state index contributed by atoms with van der Waals surface area (Å²) in [6.45, 7) is 8.56. The van der Waals surface area contributed by atoms with Gasteiger partial charge in [-0.15, -0.1) is 0 Å². The second kappa shape index (κ2) is 5.35. The van der Waals surface area contributed by atoms with E-state index in [4.69, 9.17) is 4.98 Å². The Morgan fingerprint density at radius 2 is 2.14 bits per heavy atom. The fraction of sp³-hybridized carbons (Fsp3) is 0.562.